The maximum Gasteiger partial charge on any atom is 0.275 e. The van der Waals surface area contributed by atoms with Crippen molar-refractivity contribution >= 4 is 38.8 Å². The minimum Gasteiger partial charge on any atom is -0.378 e. The second-order valence-electron chi connectivity index (χ2n) is 6.87. The van der Waals surface area contributed by atoms with E-state index in [9.17, 15) is 4.79 Å². The van der Waals surface area contributed by atoms with Crippen molar-refractivity contribution < 1.29 is 4.74 Å². The average Bonchev–Trinajstić information content (AvgIpc) is 3.21. The molecule has 0 N–H and O–H groups in total. The molecule has 0 unspecified atom stereocenters. The van der Waals surface area contributed by atoms with Crippen LogP contribution in [0.1, 0.15) is 0 Å². The van der Waals surface area contributed by atoms with Crippen LogP contribution in [0.5, 0.6) is 0 Å². The van der Waals surface area contributed by atoms with E-state index in [1.807, 2.05) is 54.6 Å². The molecular formula is C22H18ClN3O2S. The Morgan fingerprint density at radius 1 is 0.966 bits per heavy atom. The number of fused-ring (bicyclic) bond motifs is 1. The topological polar surface area (TPSA) is 47.4 Å². The SMILES string of the molecule is O=c1c2sc(-c3ccc(Cl)cc3)cc2ncn1-c1ccc(N2CCOCC2)cc1. The maximum absolute atomic E-state index is 13.1. The van der Waals surface area contributed by atoms with Gasteiger partial charge in [-0.3, -0.25) is 9.36 Å². The van der Waals surface area contributed by atoms with E-state index in [1.54, 1.807) is 10.9 Å². The fraction of sp³-hybridized carbons (Fsp3) is 0.182. The molecule has 0 radical (unpaired) electrons. The van der Waals surface area contributed by atoms with Crippen LogP contribution in [0.4, 0.5) is 5.69 Å². The molecule has 1 aliphatic heterocycles. The van der Waals surface area contributed by atoms with Gasteiger partial charge in [0.05, 0.1) is 24.4 Å². The van der Waals surface area contributed by atoms with Gasteiger partial charge in [-0.05, 0) is 48.0 Å². The molecule has 3 heterocycles. The normalized spacial score (nSPS) is 14.4. The third-order valence-corrected chi connectivity index (χ3v) is 6.48. The third-order valence-electron chi connectivity index (χ3n) is 5.07. The summed E-state index contributed by atoms with van der Waals surface area (Å²) in [5.74, 6) is 0. The molecule has 2 aromatic carbocycles. The molecule has 5 rings (SSSR count). The number of thiophene rings is 1. The van der Waals surface area contributed by atoms with Gasteiger partial charge in [-0.1, -0.05) is 23.7 Å². The van der Waals surface area contributed by atoms with Gasteiger partial charge < -0.3 is 9.64 Å². The van der Waals surface area contributed by atoms with Crippen LogP contribution in [-0.4, -0.2) is 35.9 Å². The predicted molar refractivity (Wildman–Crippen MR) is 119 cm³/mol. The third kappa shape index (κ3) is 3.55. The summed E-state index contributed by atoms with van der Waals surface area (Å²) in [6, 6.07) is 17.6. The Hall–Kier alpha value is -2.67. The van der Waals surface area contributed by atoms with Crippen LogP contribution in [0.2, 0.25) is 5.02 Å². The molecule has 0 amide bonds. The van der Waals surface area contributed by atoms with E-state index < -0.39 is 0 Å². The summed E-state index contributed by atoms with van der Waals surface area (Å²) >= 11 is 7.44. The molecule has 0 aliphatic carbocycles. The van der Waals surface area contributed by atoms with E-state index in [1.165, 1.54) is 11.3 Å². The van der Waals surface area contributed by atoms with Crippen LogP contribution in [0.3, 0.4) is 0 Å². The van der Waals surface area contributed by atoms with Crippen molar-refractivity contribution in [3.63, 3.8) is 0 Å². The van der Waals surface area contributed by atoms with Crippen LogP contribution in [-0.2, 0) is 4.74 Å². The predicted octanol–water partition coefficient (Wildman–Crippen LogP) is 4.60. The zero-order valence-corrected chi connectivity index (χ0v) is 17.1. The summed E-state index contributed by atoms with van der Waals surface area (Å²) in [5.41, 5.74) is 3.63. The fourth-order valence-corrected chi connectivity index (χ4v) is 4.67. The number of hydrogen-bond donors (Lipinski definition) is 0. The van der Waals surface area contributed by atoms with Gasteiger partial charge in [0.15, 0.2) is 0 Å². The number of halogens is 1. The molecule has 7 heteroatoms. The minimum atomic E-state index is -0.0562. The number of rotatable bonds is 3. The Bertz CT molecular complexity index is 1210. The number of aromatic nitrogens is 2. The molecule has 0 spiro atoms. The number of morpholine rings is 1. The largest absolute Gasteiger partial charge is 0.378 e. The van der Waals surface area contributed by atoms with Crippen LogP contribution in [0, 0.1) is 0 Å². The molecule has 0 bridgehead atoms. The molecule has 29 heavy (non-hydrogen) atoms. The summed E-state index contributed by atoms with van der Waals surface area (Å²) in [5, 5.41) is 0.691. The maximum atomic E-state index is 13.1. The molecule has 2 aromatic heterocycles. The first-order chi connectivity index (χ1) is 14.2. The molecule has 1 aliphatic rings. The van der Waals surface area contributed by atoms with Gasteiger partial charge in [-0.25, -0.2) is 4.98 Å². The molecule has 4 aromatic rings. The molecule has 1 fully saturated rings. The Kier molecular flexibility index (Phi) is 4.83. The second-order valence-corrected chi connectivity index (χ2v) is 8.36. The van der Waals surface area contributed by atoms with Gasteiger partial charge in [-0.15, -0.1) is 11.3 Å². The lowest BCUT2D eigenvalue weighted by Gasteiger charge is -2.28. The molecule has 146 valence electrons. The smallest absolute Gasteiger partial charge is 0.275 e. The quantitative estimate of drug-likeness (QED) is 0.483. The van der Waals surface area contributed by atoms with E-state index in [2.05, 4.69) is 9.88 Å². The zero-order valence-electron chi connectivity index (χ0n) is 15.5. The Morgan fingerprint density at radius 3 is 2.38 bits per heavy atom. The lowest BCUT2D eigenvalue weighted by molar-refractivity contribution is 0.122. The first kappa shape index (κ1) is 18.4. The first-order valence-electron chi connectivity index (χ1n) is 9.39. The van der Waals surface area contributed by atoms with Gasteiger partial charge in [0.1, 0.15) is 11.0 Å². The zero-order chi connectivity index (χ0) is 19.8. The first-order valence-corrected chi connectivity index (χ1v) is 10.6. The molecule has 0 atom stereocenters. The number of hydrogen-bond acceptors (Lipinski definition) is 5. The van der Waals surface area contributed by atoms with Gasteiger partial charge >= 0.3 is 0 Å². The highest BCUT2D eigenvalue weighted by atomic mass is 35.5. The Morgan fingerprint density at radius 2 is 1.66 bits per heavy atom. The van der Waals surface area contributed by atoms with E-state index in [0.29, 0.717) is 15.2 Å². The number of benzene rings is 2. The highest BCUT2D eigenvalue weighted by molar-refractivity contribution is 7.22. The average molecular weight is 424 g/mol. The van der Waals surface area contributed by atoms with Crippen LogP contribution in [0.25, 0.3) is 26.3 Å². The Balaban J connectivity index is 1.49. The van der Waals surface area contributed by atoms with Gasteiger partial charge in [-0.2, -0.15) is 0 Å². The monoisotopic (exact) mass is 423 g/mol. The number of nitrogens with zero attached hydrogens (tertiary/aromatic N) is 3. The van der Waals surface area contributed by atoms with Crippen molar-refractivity contribution in [2.45, 2.75) is 0 Å². The van der Waals surface area contributed by atoms with Crippen molar-refractivity contribution in [1.29, 1.82) is 0 Å². The molecular weight excluding hydrogens is 406 g/mol. The van der Waals surface area contributed by atoms with Crippen molar-refractivity contribution in [2.24, 2.45) is 0 Å². The van der Waals surface area contributed by atoms with Crippen molar-refractivity contribution in [1.82, 2.24) is 9.55 Å². The van der Waals surface area contributed by atoms with E-state index in [4.69, 9.17) is 16.3 Å². The Labute approximate surface area is 176 Å². The number of anilines is 1. The van der Waals surface area contributed by atoms with Crippen molar-refractivity contribution in [2.75, 3.05) is 31.2 Å². The minimum absolute atomic E-state index is 0.0562. The fourth-order valence-electron chi connectivity index (χ4n) is 3.50. The summed E-state index contributed by atoms with van der Waals surface area (Å²) < 4.78 is 7.66. The van der Waals surface area contributed by atoms with E-state index in [0.717, 1.165) is 48.1 Å². The molecule has 1 saturated heterocycles. The van der Waals surface area contributed by atoms with Gasteiger partial charge in [0, 0.05) is 28.7 Å². The van der Waals surface area contributed by atoms with Crippen molar-refractivity contribution in [3.8, 4) is 16.1 Å². The summed E-state index contributed by atoms with van der Waals surface area (Å²) in [4.78, 5) is 20.9. The van der Waals surface area contributed by atoms with Gasteiger partial charge in [0.2, 0.25) is 0 Å². The van der Waals surface area contributed by atoms with E-state index in [-0.39, 0.29) is 5.56 Å². The van der Waals surface area contributed by atoms with Gasteiger partial charge in [0.25, 0.3) is 5.56 Å². The summed E-state index contributed by atoms with van der Waals surface area (Å²) in [7, 11) is 0. The number of ether oxygens (including phenoxy) is 1. The van der Waals surface area contributed by atoms with Crippen LogP contribution >= 0.6 is 22.9 Å². The lowest BCUT2D eigenvalue weighted by atomic mass is 10.2. The second kappa shape index (κ2) is 7.63. The lowest BCUT2D eigenvalue weighted by Crippen LogP contribution is -2.36. The standard InChI is InChI=1S/C22H18ClN3O2S/c23-16-3-1-15(2-4-16)20-13-19-21(29-20)22(27)26(14-24-19)18-7-5-17(6-8-18)25-9-11-28-12-10-25/h1-8,13-14H,9-12H2. The van der Waals surface area contributed by atoms with E-state index >= 15 is 0 Å². The molecule has 0 saturated carbocycles. The van der Waals surface area contributed by atoms with Crippen LogP contribution < -0.4 is 10.5 Å². The van der Waals surface area contributed by atoms with Crippen LogP contribution in [0.15, 0.2) is 65.7 Å². The highest BCUT2D eigenvalue weighted by Gasteiger charge is 2.13. The molecule has 5 nitrogen and oxygen atoms in total. The highest BCUT2D eigenvalue weighted by Crippen LogP contribution is 2.31. The summed E-state index contributed by atoms with van der Waals surface area (Å²) in [6.45, 7) is 3.26. The van der Waals surface area contributed by atoms with Crippen molar-refractivity contribution in [3.05, 3.63) is 76.3 Å². The summed E-state index contributed by atoms with van der Waals surface area (Å²) in [6.07, 6.45) is 1.60.